The van der Waals surface area contributed by atoms with Gasteiger partial charge >= 0.3 is 0 Å². The lowest BCUT2D eigenvalue weighted by Crippen LogP contribution is -2.43. The monoisotopic (exact) mass is 360 g/mol. The summed E-state index contributed by atoms with van der Waals surface area (Å²) >= 11 is 0. The molecule has 3 aromatic rings. The normalized spacial score (nSPS) is 17.2. The number of hydrogen-bond donors (Lipinski definition) is 1. The Kier molecular flexibility index (Phi) is 5.30. The summed E-state index contributed by atoms with van der Waals surface area (Å²) in [6.07, 6.45) is 2.75. The predicted octanol–water partition coefficient (Wildman–Crippen LogP) is 3.49. The zero-order valence-corrected chi connectivity index (χ0v) is 15.2. The lowest BCUT2D eigenvalue weighted by Gasteiger charge is -2.35. The van der Waals surface area contributed by atoms with Crippen molar-refractivity contribution in [1.29, 1.82) is 0 Å². The van der Waals surface area contributed by atoms with E-state index >= 15 is 0 Å². The van der Waals surface area contributed by atoms with Gasteiger partial charge in [-0.1, -0.05) is 60.7 Å². The van der Waals surface area contributed by atoms with E-state index in [2.05, 4.69) is 75.5 Å². The molecule has 2 heterocycles. The number of rotatable bonds is 5. The van der Waals surface area contributed by atoms with Gasteiger partial charge in [-0.15, -0.1) is 0 Å². The predicted molar refractivity (Wildman–Crippen MR) is 108 cm³/mol. The molecule has 4 rings (SSSR count). The maximum absolute atomic E-state index is 6.12. The second-order valence-electron chi connectivity index (χ2n) is 6.82. The van der Waals surface area contributed by atoms with E-state index in [0.29, 0.717) is 18.5 Å². The van der Waals surface area contributed by atoms with Gasteiger partial charge in [0.2, 0.25) is 5.95 Å². The minimum absolute atomic E-state index is 0.125. The summed E-state index contributed by atoms with van der Waals surface area (Å²) in [7, 11) is 0. The molecular weight excluding hydrogens is 336 g/mol. The van der Waals surface area contributed by atoms with Crippen LogP contribution in [0.3, 0.4) is 0 Å². The van der Waals surface area contributed by atoms with Crippen molar-refractivity contribution < 1.29 is 4.74 Å². The highest BCUT2D eigenvalue weighted by Crippen LogP contribution is 2.31. The number of hydrogen-bond acceptors (Lipinski definition) is 5. The van der Waals surface area contributed by atoms with Crippen LogP contribution in [-0.2, 0) is 4.74 Å². The molecule has 1 aliphatic rings. The Morgan fingerprint density at radius 3 is 2.30 bits per heavy atom. The van der Waals surface area contributed by atoms with E-state index in [9.17, 15) is 0 Å². The first-order valence-corrected chi connectivity index (χ1v) is 9.34. The summed E-state index contributed by atoms with van der Waals surface area (Å²) in [5.74, 6) is 1.47. The molecular formula is C22H24N4O. The van der Waals surface area contributed by atoms with Gasteiger partial charge in [0.25, 0.3) is 0 Å². The summed E-state index contributed by atoms with van der Waals surface area (Å²) < 4.78 is 6.12. The summed E-state index contributed by atoms with van der Waals surface area (Å²) in [4.78, 5) is 10.6. The zero-order valence-electron chi connectivity index (χ0n) is 15.2. The smallest absolute Gasteiger partial charge is 0.221 e. The van der Waals surface area contributed by atoms with Crippen molar-refractivity contribution in [3.63, 3.8) is 0 Å². The van der Waals surface area contributed by atoms with E-state index in [1.165, 1.54) is 11.1 Å². The molecule has 138 valence electrons. The van der Waals surface area contributed by atoms with Gasteiger partial charge in [-0.2, -0.15) is 4.98 Å². The van der Waals surface area contributed by atoms with Gasteiger partial charge in [-0.3, -0.25) is 0 Å². The minimum atomic E-state index is 0.125. The summed E-state index contributed by atoms with van der Waals surface area (Å²) in [6.45, 7) is 2.30. The second kappa shape index (κ2) is 8.18. The van der Waals surface area contributed by atoms with Gasteiger partial charge in [0.1, 0.15) is 5.82 Å². The molecule has 0 aliphatic carbocycles. The molecule has 0 bridgehead atoms. The molecule has 1 unspecified atom stereocenters. The Bertz CT molecular complexity index is 817. The van der Waals surface area contributed by atoms with Crippen LogP contribution in [0.4, 0.5) is 11.8 Å². The van der Waals surface area contributed by atoms with Gasteiger partial charge in [0.15, 0.2) is 0 Å². The Hall–Kier alpha value is -2.92. The molecule has 0 radical (unpaired) electrons. The number of morpholine rings is 1. The highest BCUT2D eigenvalue weighted by molar-refractivity contribution is 5.41. The molecule has 1 aromatic heterocycles. The molecule has 0 amide bonds. The molecule has 5 heteroatoms. The van der Waals surface area contributed by atoms with Crippen molar-refractivity contribution in [3.8, 4) is 0 Å². The fourth-order valence-corrected chi connectivity index (χ4v) is 3.71. The van der Waals surface area contributed by atoms with Crippen molar-refractivity contribution in [1.82, 2.24) is 9.97 Å². The molecule has 1 aliphatic heterocycles. The minimum Gasteiger partial charge on any atom is -0.375 e. The average molecular weight is 360 g/mol. The molecule has 1 atom stereocenters. The van der Waals surface area contributed by atoms with Crippen LogP contribution in [0, 0.1) is 0 Å². The molecule has 0 saturated carbocycles. The first-order valence-electron chi connectivity index (χ1n) is 9.34. The number of nitrogens with zero attached hydrogens (tertiary/aromatic N) is 3. The Morgan fingerprint density at radius 2 is 1.67 bits per heavy atom. The summed E-state index contributed by atoms with van der Waals surface area (Å²) in [6, 6.07) is 23.2. The number of benzene rings is 2. The third-order valence-corrected chi connectivity index (χ3v) is 5.02. The van der Waals surface area contributed by atoms with Crippen molar-refractivity contribution >= 4 is 11.8 Å². The largest absolute Gasteiger partial charge is 0.375 e. The molecule has 5 nitrogen and oxygen atoms in total. The average Bonchev–Trinajstić information content (AvgIpc) is 2.73. The van der Waals surface area contributed by atoms with Gasteiger partial charge in [-0.25, -0.2) is 4.98 Å². The highest BCUT2D eigenvalue weighted by atomic mass is 16.5. The molecule has 1 fully saturated rings. The van der Waals surface area contributed by atoms with Crippen LogP contribution in [0.5, 0.6) is 0 Å². The van der Waals surface area contributed by atoms with Crippen LogP contribution in [0.1, 0.15) is 23.5 Å². The number of ether oxygens (including phenoxy) is 1. The van der Waals surface area contributed by atoms with Crippen LogP contribution < -0.4 is 10.6 Å². The van der Waals surface area contributed by atoms with E-state index < -0.39 is 0 Å². The first kappa shape index (κ1) is 17.5. The maximum Gasteiger partial charge on any atom is 0.221 e. The van der Waals surface area contributed by atoms with Gasteiger partial charge in [0, 0.05) is 25.2 Å². The van der Waals surface area contributed by atoms with Gasteiger partial charge in [0.05, 0.1) is 12.7 Å². The summed E-state index contributed by atoms with van der Waals surface area (Å²) in [5, 5.41) is 0. The fraction of sp³-hybridized carbons (Fsp3) is 0.273. The Balaban J connectivity index is 1.54. The molecule has 27 heavy (non-hydrogen) atoms. The number of anilines is 2. The van der Waals surface area contributed by atoms with Crippen molar-refractivity contribution in [2.45, 2.75) is 18.4 Å². The van der Waals surface area contributed by atoms with Crippen LogP contribution in [0.25, 0.3) is 0 Å². The van der Waals surface area contributed by atoms with E-state index in [-0.39, 0.29) is 6.10 Å². The van der Waals surface area contributed by atoms with Crippen molar-refractivity contribution in [3.05, 3.63) is 84.1 Å². The van der Waals surface area contributed by atoms with E-state index in [4.69, 9.17) is 10.5 Å². The lowest BCUT2D eigenvalue weighted by atomic mass is 9.86. The molecule has 0 spiro atoms. The summed E-state index contributed by atoms with van der Waals surface area (Å²) in [5.41, 5.74) is 8.38. The molecule has 1 saturated heterocycles. The lowest BCUT2D eigenvalue weighted by molar-refractivity contribution is 0.0324. The Labute approximate surface area is 159 Å². The molecule has 2 aromatic carbocycles. The SMILES string of the molecule is Nc1nccc(N2CCOC(CC(c3ccccc3)c3ccccc3)C2)n1. The third kappa shape index (κ3) is 4.26. The quantitative estimate of drug-likeness (QED) is 0.755. The van der Waals surface area contributed by atoms with Gasteiger partial charge in [-0.05, 0) is 23.6 Å². The zero-order chi connectivity index (χ0) is 18.5. The number of nitrogen functional groups attached to an aromatic ring is 1. The van der Waals surface area contributed by atoms with Crippen molar-refractivity contribution in [2.75, 3.05) is 30.3 Å². The van der Waals surface area contributed by atoms with Crippen LogP contribution in [-0.4, -0.2) is 35.8 Å². The van der Waals surface area contributed by atoms with E-state index in [0.717, 1.165) is 25.3 Å². The van der Waals surface area contributed by atoms with Crippen LogP contribution >= 0.6 is 0 Å². The van der Waals surface area contributed by atoms with Crippen LogP contribution in [0.2, 0.25) is 0 Å². The standard InChI is InChI=1S/C22H24N4O/c23-22-24-12-11-21(25-22)26-13-14-27-19(16-26)15-20(17-7-3-1-4-8-17)18-9-5-2-6-10-18/h1-12,19-20H,13-16H2,(H2,23,24,25). The second-order valence-corrected chi connectivity index (χ2v) is 6.82. The first-order chi connectivity index (χ1) is 13.3. The number of nitrogens with two attached hydrogens (primary N) is 1. The van der Waals surface area contributed by atoms with E-state index in [1.54, 1.807) is 6.20 Å². The topological polar surface area (TPSA) is 64.3 Å². The number of aromatic nitrogens is 2. The maximum atomic E-state index is 6.12. The Morgan fingerprint density at radius 1 is 1.00 bits per heavy atom. The highest BCUT2D eigenvalue weighted by Gasteiger charge is 2.26. The third-order valence-electron chi connectivity index (χ3n) is 5.02. The van der Waals surface area contributed by atoms with E-state index in [1.807, 2.05) is 6.07 Å². The molecule has 2 N–H and O–H groups in total. The van der Waals surface area contributed by atoms with Crippen molar-refractivity contribution in [2.24, 2.45) is 0 Å². The fourth-order valence-electron chi connectivity index (χ4n) is 3.71. The van der Waals surface area contributed by atoms with Crippen LogP contribution in [0.15, 0.2) is 72.9 Å². The van der Waals surface area contributed by atoms with Gasteiger partial charge < -0.3 is 15.4 Å².